The molecular formula is C19H38Cl2S2. The monoisotopic (exact) mass is 400 g/mol. The zero-order valence-corrected chi connectivity index (χ0v) is 19.0. The standard InChI is InChI=1S/C19H38Cl2S2/c1-6-8-10-12-14-16(13-11-9-7-2)17(15-18(20)21)22-23-19(3,4)5/h16-18H,6-15H2,1-5H3. The van der Waals surface area contributed by atoms with E-state index in [4.69, 9.17) is 23.2 Å². The predicted molar refractivity (Wildman–Crippen MR) is 115 cm³/mol. The van der Waals surface area contributed by atoms with E-state index < -0.39 is 0 Å². The second-order valence-electron chi connectivity index (χ2n) is 7.56. The second-order valence-corrected chi connectivity index (χ2v) is 12.1. The van der Waals surface area contributed by atoms with Gasteiger partial charge in [-0.2, -0.15) is 0 Å². The van der Waals surface area contributed by atoms with Crippen LogP contribution in [0.3, 0.4) is 0 Å². The molecule has 0 aliphatic carbocycles. The molecule has 0 fully saturated rings. The number of hydrogen-bond acceptors (Lipinski definition) is 2. The van der Waals surface area contributed by atoms with Crippen molar-refractivity contribution < 1.29 is 0 Å². The summed E-state index contributed by atoms with van der Waals surface area (Å²) < 4.78 is 0.285. The molecule has 0 amide bonds. The maximum Gasteiger partial charge on any atom is 0.108 e. The first-order valence-corrected chi connectivity index (χ1v) is 12.5. The van der Waals surface area contributed by atoms with Crippen molar-refractivity contribution in [2.75, 3.05) is 0 Å². The molecule has 0 aliphatic heterocycles. The molecule has 0 nitrogen and oxygen atoms in total. The van der Waals surface area contributed by atoms with Crippen molar-refractivity contribution in [2.45, 2.75) is 114 Å². The lowest BCUT2D eigenvalue weighted by Crippen LogP contribution is -2.21. The lowest BCUT2D eigenvalue weighted by Gasteiger charge is -2.29. The first-order chi connectivity index (χ1) is 10.8. The van der Waals surface area contributed by atoms with Crippen LogP contribution in [0.4, 0.5) is 0 Å². The molecule has 2 unspecified atom stereocenters. The van der Waals surface area contributed by atoms with Crippen LogP contribution in [0.15, 0.2) is 0 Å². The fourth-order valence-electron chi connectivity index (χ4n) is 2.70. The summed E-state index contributed by atoms with van der Waals surface area (Å²) in [7, 11) is 4.03. The minimum Gasteiger partial charge on any atom is -0.105 e. The third kappa shape index (κ3) is 15.3. The SMILES string of the molecule is CCCCCCC(CCCCC)C(CC(Cl)Cl)SSC(C)(C)C. The lowest BCUT2D eigenvalue weighted by atomic mass is 9.90. The fraction of sp³-hybridized carbons (Fsp3) is 1.00. The number of halogens is 2. The third-order valence-corrected chi connectivity index (χ3v) is 8.27. The van der Waals surface area contributed by atoms with E-state index in [1.165, 1.54) is 57.8 Å². The van der Waals surface area contributed by atoms with Gasteiger partial charge in [0.05, 0.1) is 0 Å². The highest BCUT2D eigenvalue weighted by Gasteiger charge is 2.26. The quantitative estimate of drug-likeness (QED) is 0.162. The molecule has 0 rings (SSSR count). The van der Waals surface area contributed by atoms with Gasteiger partial charge < -0.3 is 0 Å². The van der Waals surface area contributed by atoms with Gasteiger partial charge in [0.1, 0.15) is 4.84 Å². The minimum atomic E-state index is -0.239. The van der Waals surface area contributed by atoms with Crippen LogP contribution in [-0.2, 0) is 0 Å². The zero-order valence-electron chi connectivity index (χ0n) is 15.9. The highest BCUT2D eigenvalue weighted by atomic mass is 35.5. The Morgan fingerprint density at radius 3 is 1.83 bits per heavy atom. The van der Waals surface area contributed by atoms with Crippen LogP contribution in [-0.4, -0.2) is 14.8 Å². The van der Waals surface area contributed by atoms with E-state index >= 15 is 0 Å². The minimum absolute atomic E-state index is 0.239. The zero-order chi connectivity index (χ0) is 17.7. The molecule has 0 N–H and O–H groups in total. The maximum atomic E-state index is 6.15. The number of hydrogen-bond donors (Lipinski definition) is 0. The van der Waals surface area contributed by atoms with Gasteiger partial charge in [-0.25, -0.2) is 0 Å². The van der Waals surface area contributed by atoms with Gasteiger partial charge >= 0.3 is 0 Å². The Bertz CT molecular complexity index is 265. The van der Waals surface area contributed by atoms with E-state index in [9.17, 15) is 0 Å². The van der Waals surface area contributed by atoms with E-state index in [1.54, 1.807) is 0 Å². The van der Waals surface area contributed by atoms with Crippen molar-refractivity contribution in [2.24, 2.45) is 5.92 Å². The summed E-state index contributed by atoms with van der Waals surface area (Å²) in [6.07, 6.45) is 13.0. The van der Waals surface area contributed by atoms with Crippen LogP contribution >= 0.6 is 44.8 Å². The molecule has 4 heteroatoms. The third-order valence-electron chi connectivity index (χ3n) is 3.96. The Morgan fingerprint density at radius 1 is 0.826 bits per heavy atom. The van der Waals surface area contributed by atoms with Gasteiger partial charge in [-0.1, -0.05) is 101 Å². The highest BCUT2D eigenvalue weighted by molar-refractivity contribution is 8.77. The van der Waals surface area contributed by atoms with Crippen LogP contribution in [0.5, 0.6) is 0 Å². The predicted octanol–water partition coefficient (Wildman–Crippen LogP) is 8.90. The summed E-state index contributed by atoms with van der Waals surface area (Å²) in [6.45, 7) is 11.4. The molecular weight excluding hydrogens is 363 g/mol. The Hall–Kier alpha value is 1.28. The smallest absolute Gasteiger partial charge is 0.105 e. The molecule has 0 heterocycles. The van der Waals surface area contributed by atoms with Crippen molar-refractivity contribution in [3.05, 3.63) is 0 Å². The molecule has 0 aromatic carbocycles. The lowest BCUT2D eigenvalue weighted by molar-refractivity contribution is 0.390. The number of unbranched alkanes of at least 4 members (excludes halogenated alkanes) is 5. The van der Waals surface area contributed by atoms with Crippen molar-refractivity contribution in [3.8, 4) is 0 Å². The Labute approximate surface area is 164 Å². The second kappa shape index (κ2) is 14.4. The van der Waals surface area contributed by atoms with Crippen molar-refractivity contribution in [1.82, 2.24) is 0 Å². The average Bonchev–Trinajstić information content (AvgIpc) is 2.45. The summed E-state index contributed by atoms with van der Waals surface area (Å²) in [5.41, 5.74) is 0. The van der Waals surface area contributed by atoms with Crippen LogP contribution < -0.4 is 0 Å². The molecule has 23 heavy (non-hydrogen) atoms. The van der Waals surface area contributed by atoms with E-state index in [0.717, 1.165) is 12.3 Å². The van der Waals surface area contributed by atoms with Gasteiger partial charge in [-0.05, 0) is 25.2 Å². The molecule has 0 aromatic heterocycles. The summed E-state index contributed by atoms with van der Waals surface area (Å²) >= 11 is 12.3. The fourth-order valence-corrected chi connectivity index (χ4v) is 6.35. The van der Waals surface area contributed by atoms with E-state index in [0.29, 0.717) is 5.25 Å². The van der Waals surface area contributed by atoms with Crippen LogP contribution in [0.25, 0.3) is 0 Å². The van der Waals surface area contributed by atoms with Gasteiger partial charge in [-0.15, -0.1) is 23.2 Å². The molecule has 140 valence electrons. The van der Waals surface area contributed by atoms with Crippen LogP contribution in [0, 0.1) is 5.92 Å². The molecule has 0 bridgehead atoms. The average molecular weight is 402 g/mol. The number of rotatable bonds is 14. The maximum absolute atomic E-state index is 6.15. The van der Waals surface area contributed by atoms with Gasteiger partial charge in [0.2, 0.25) is 0 Å². The summed E-state index contributed by atoms with van der Waals surface area (Å²) in [6, 6.07) is 0. The van der Waals surface area contributed by atoms with Crippen molar-refractivity contribution in [1.29, 1.82) is 0 Å². The van der Waals surface area contributed by atoms with E-state index in [-0.39, 0.29) is 9.58 Å². The first-order valence-electron chi connectivity index (χ1n) is 9.42. The Kier molecular flexibility index (Phi) is 15.3. The van der Waals surface area contributed by atoms with Crippen LogP contribution in [0.1, 0.15) is 98.8 Å². The number of alkyl halides is 2. The van der Waals surface area contributed by atoms with Gasteiger partial charge in [-0.3, -0.25) is 0 Å². The summed E-state index contributed by atoms with van der Waals surface area (Å²) in [5, 5.41) is 0.581. The molecule has 0 aliphatic rings. The van der Waals surface area contributed by atoms with Crippen LogP contribution in [0.2, 0.25) is 0 Å². The topological polar surface area (TPSA) is 0 Å². The summed E-state index contributed by atoms with van der Waals surface area (Å²) in [5.74, 6) is 0.762. The Morgan fingerprint density at radius 2 is 1.35 bits per heavy atom. The molecule has 0 radical (unpaired) electrons. The Balaban J connectivity index is 4.65. The summed E-state index contributed by atoms with van der Waals surface area (Å²) in [4.78, 5) is -0.239. The molecule has 2 atom stereocenters. The molecule has 0 spiro atoms. The van der Waals surface area contributed by atoms with Crippen molar-refractivity contribution in [3.63, 3.8) is 0 Å². The largest absolute Gasteiger partial charge is 0.108 e. The first kappa shape index (κ1) is 24.3. The molecule has 0 saturated carbocycles. The van der Waals surface area contributed by atoms with E-state index in [2.05, 4.69) is 34.6 Å². The van der Waals surface area contributed by atoms with Gasteiger partial charge in [0, 0.05) is 10.00 Å². The highest BCUT2D eigenvalue weighted by Crippen LogP contribution is 2.44. The van der Waals surface area contributed by atoms with Gasteiger partial charge in [0.25, 0.3) is 0 Å². The normalized spacial score (nSPS) is 15.1. The van der Waals surface area contributed by atoms with Gasteiger partial charge in [0.15, 0.2) is 0 Å². The van der Waals surface area contributed by atoms with E-state index in [1.807, 2.05) is 21.6 Å². The molecule has 0 aromatic rings. The van der Waals surface area contributed by atoms with Crippen molar-refractivity contribution >= 4 is 44.8 Å². The molecule has 0 saturated heterocycles.